The Labute approximate surface area is 116 Å². The lowest BCUT2D eigenvalue weighted by Gasteiger charge is -2.05. The van der Waals surface area contributed by atoms with Crippen molar-refractivity contribution in [3.05, 3.63) is 40.5 Å². The molecule has 0 aliphatic rings. The van der Waals surface area contributed by atoms with Gasteiger partial charge in [-0.25, -0.2) is 9.37 Å². The average Bonchev–Trinajstić information content (AvgIpc) is 2.80. The van der Waals surface area contributed by atoms with Crippen LogP contribution in [0.1, 0.15) is 18.3 Å². The van der Waals surface area contributed by atoms with E-state index in [1.165, 1.54) is 12.3 Å². The molecule has 19 heavy (non-hydrogen) atoms. The Morgan fingerprint density at radius 1 is 1.58 bits per heavy atom. The summed E-state index contributed by atoms with van der Waals surface area (Å²) in [6.45, 7) is 0. The minimum Gasteiger partial charge on any atom is -0.481 e. The molecule has 7 heteroatoms. The highest BCUT2D eigenvalue weighted by Crippen LogP contribution is 2.25. The number of imidazole rings is 1. The van der Waals surface area contributed by atoms with Crippen LogP contribution in [0.5, 0.6) is 0 Å². The number of hydrogen-bond acceptors (Lipinski definition) is 3. The van der Waals surface area contributed by atoms with E-state index < -0.39 is 17.8 Å². The van der Waals surface area contributed by atoms with Crippen molar-refractivity contribution in [2.45, 2.75) is 12.5 Å². The molecular formula is C12H11BrFN3O2. The van der Waals surface area contributed by atoms with Gasteiger partial charge >= 0.3 is 5.97 Å². The molecule has 100 valence electrons. The third kappa shape index (κ3) is 3.18. The van der Waals surface area contributed by atoms with Crippen molar-refractivity contribution in [2.75, 3.05) is 0 Å². The monoisotopic (exact) mass is 327 g/mol. The molecule has 1 aromatic heterocycles. The Kier molecular flexibility index (Phi) is 3.96. The Morgan fingerprint density at radius 3 is 3.00 bits per heavy atom. The quantitative estimate of drug-likeness (QED) is 0.804. The van der Waals surface area contributed by atoms with Gasteiger partial charge in [0.2, 0.25) is 0 Å². The number of carboxylic acids is 1. The molecule has 0 fully saturated rings. The van der Waals surface area contributed by atoms with Crippen molar-refractivity contribution in [3.8, 4) is 11.3 Å². The van der Waals surface area contributed by atoms with E-state index in [0.29, 0.717) is 17.1 Å². The molecular weight excluding hydrogens is 317 g/mol. The molecule has 0 aliphatic carbocycles. The fourth-order valence-electron chi connectivity index (χ4n) is 1.65. The van der Waals surface area contributed by atoms with Gasteiger partial charge in [-0.3, -0.25) is 4.79 Å². The Bertz CT molecular complexity index is 615. The summed E-state index contributed by atoms with van der Waals surface area (Å²) in [6.07, 6.45) is 1.19. The maximum absolute atomic E-state index is 13.7. The van der Waals surface area contributed by atoms with E-state index in [4.69, 9.17) is 10.8 Å². The number of halogens is 2. The minimum absolute atomic E-state index is 0.242. The second-order valence-corrected chi connectivity index (χ2v) is 4.93. The van der Waals surface area contributed by atoms with Gasteiger partial charge in [-0.2, -0.15) is 0 Å². The van der Waals surface area contributed by atoms with Gasteiger partial charge in [-0.1, -0.05) is 15.9 Å². The number of H-pyrrole nitrogens is 1. The predicted molar refractivity (Wildman–Crippen MR) is 70.9 cm³/mol. The number of nitrogens with zero attached hydrogens (tertiary/aromatic N) is 1. The van der Waals surface area contributed by atoms with Crippen molar-refractivity contribution in [3.63, 3.8) is 0 Å². The molecule has 1 heterocycles. The van der Waals surface area contributed by atoms with Crippen LogP contribution in [0.3, 0.4) is 0 Å². The molecule has 5 nitrogen and oxygen atoms in total. The van der Waals surface area contributed by atoms with Gasteiger partial charge in [0, 0.05) is 10.0 Å². The van der Waals surface area contributed by atoms with E-state index >= 15 is 0 Å². The van der Waals surface area contributed by atoms with Gasteiger partial charge in [0.05, 0.1) is 24.4 Å². The van der Waals surface area contributed by atoms with E-state index in [0.717, 1.165) is 4.47 Å². The van der Waals surface area contributed by atoms with Gasteiger partial charge in [0.25, 0.3) is 0 Å². The molecule has 2 rings (SSSR count). The lowest BCUT2D eigenvalue weighted by Crippen LogP contribution is -2.16. The van der Waals surface area contributed by atoms with E-state index in [9.17, 15) is 9.18 Å². The zero-order valence-electron chi connectivity index (χ0n) is 9.73. The van der Waals surface area contributed by atoms with Crippen LogP contribution in [0.25, 0.3) is 11.3 Å². The van der Waals surface area contributed by atoms with Crippen molar-refractivity contribution < 1.29 is 14.3 Å². The first-order chi connectivity index (χ1) is 8.97. The SMILES string of the molecule is NC(CC(=O)O)c1ncc(-c2cc(Br)ccc2F)[nH]1. The molecule has 0 saturated heterocycles. The van der Waals surface area contributed by atoms with Crippen LogP contribution in [0, 0.1) is 5.82 Å². The summed E-state index contributed by atoms with van der Waals surface area (Å²) in [5.41, 5.74) is 6.47. The maximum atomic E-state index is 13.7. The number of rotatable bonds is 4. The van der Waals surface area contributed by atoms with Crippen molar-refractivity contribution in [2.24, 2.45) is 5.73 Å². The predicted octanol–water partition coefficient (Wildman–Crippen LogP) is 2.45. The van der Waals surface area contributed by atoms with Crippen molar-refractivity contribution in [1.29, 1.82) is 0 Å². The summed E-state index contributed by atoms with van der Waals surface area (Å²) in [6, 6.07) is 3.78. The fourth-order valence-corrected chi connectivity index (χ4v) is 2.01. The Hall–Kier alpha value is -1.73. The highest BCUT2D eigenvalue weighted by molar-refractivity contribution is 9.10. The zero-order valence-corrected chi connectivity index (χ0v) is 11.3. The van der Waals surface area contributed by atoms with E-state index in [2.05, 4.69) is 25.9 Å². The molecule has 0 radical (unpaired) electrons. The van der Waals surface area contributed by atoms with Crippen LogP contribution >= 0.6 is 15.9 Å². The second-order valence-electron chi connectivity index (χ2n) is 4.01. The topological polar surface area (TPSA) is 92.0 Å². The molecule has 0 aliphatic heterocycles. The van der Waals surface area contributed by atoms with Crippen molar-refractivity contribution in [1.82, 2.24) is 9.97 Å². The van der Waals surface area contributed by atoms with Gasteiger partial charge in [0.15, 0.2) is 0 Å². The summed E-state index contributed by atoms with van der Waals surface area (Å²) < 4.78 is 14.4. The minimum atomic E-state index is -1.01. The number of carboxylic acid groups (broad SMARTS) is 1. The first-order valence-electron chi connectivity index (χ1n) is 5.45. The number of carbonyl (C=O) groups is 1. The van der Waals surface area contributed by atoms with Crippen LogP contribution in [0.2, 0.25) is 0 Å². The third-order valence-electron chi connectivity index (χ3n) is 2.56. The number of aromatic nitrogens is 2. The molecule has 0 spiro atoms. The summed E-state index contributed by atoms with van der Waals surface area (Å²) >= 11 is 3.26. The number of aromatic amines is 1. The summed E-state index contributed by atoms with van der Waals surface area (Å²) in [7, 11) is 0. The molecule has 0 saturated carbocycles. The van der Waals surface area contributed by atoms with Crippen LogP contribution in [-0.2, 0) is 4.79 Å². The number of nitrogens with two attached hydrogens (primary N) is 1. The molecule has 0 amide bonds. The average molecular weight is 328 g/mol. The number of nitrogens with one attached hydrogen (secondary N) is 1. The van der Waals surface area contributed by atoms with Crippen LogP contribution < -0.4 is 5.73 Å². The highest BCUT2D eigenvalue weighted by Gasteiger charge is 2.15. The summed E-state index contributed by atoms with van der Waals surface area (Å²) in [5.74, 6) is -1.10. The van der Waals surface area contributed by atoms with E-state index in [-0.39, 0.29) is 6.42 Å². The maximum Gasteiger partial charge on any atom is 0.305 e. The molecule has 2 aromatic rings. The standard InChI is InChI=1S/C12H11BrFN3O2/c13-6-1-2-8(14)7(3-6)10-5-16-12(17-10)9(15)4-11(18)19/h1-3,5,9H,4,15H2,(H,16,17)(H,18,19). The number of aliphatic carboxylic acids is 1. The molecule has 1 atom stereocenters. The first kappa shape index (κ1) is 13.7. The highest BCUT2D eigenvalue weighted by atomic mass is 79.9. The van der Waals surface area contributed by atoms with Crippen molar-refractivity contribution >= 4 is 21.9 Å². The molecule has 0 bridgehead atoms. The Morgan fingerprint density at radius 2 is 2.32 bits per heavy atom. The summed E-state index contributed by atoms with van der Waals surface area (Å²) in [5, 5.41) is 8.66. The van der Waals surface area contributed by atoms with Crippen LogP contribution in [-0.4, -0.2) is 21.0 Å². The number of benzene rings is 1. The lowest BCUT2D eigenvalue weighted by atomic mass is 10.1. The third-order valence-corrected chi connectivity index (χ3v) is 3.05. The fraction of sp³-hybridized carbons (Fsp3) is 0.167. The van der Waals surface area contributed by atoms with Gasteiger partial charge in [-0.15, -0.1) is 0 Å². The molecule has 1 aromatic carbocycles. The normalized spacial score (nSPS) is 12.4. The lowest BCUT2D eigenvalue weighted by molar-refractivity contribution is -0.137. The Balaban J connectivity index is 2.30. The van der Waals surface area contributed by atoms with Gasteiger partial charge in [0.1, 0.15) is 11.6 Å². The zero-order chi connectivity index (χ0) is 14.0. The number of hydrogen-bond donors (Lipinski definition) is 3. The van der Waals surface area contributed by atoms with Gasteiger partial charge in [-0.05, 0) is 18.2 Å². The van der Waals surface area contributed by atoms with Crippen LogP contribution in [0.15, 0.2) is 28.9 Å². The summed E-state index contributed by atoms with van der Waals surface area (Å²) in [4.78, 5) is 17.4. The largest absolute Gasteiger partial charge is 0.481 e. The van der Waals surface area contributed by atoms with E-state index in [1.54, 1.807) is 12.1 Å². The van der Waals surface area contributed by atoms with Gasteiger partial charge < -0.3 is 15.8 Å². The molecule has 4 N–H and O–H groups in total. The van der Waals surface area contributed by atoms with E-state index in [1.807, 2.05) is 0 Å². The molecule has 1 unspecified atom stereocenters. The second kappa shape index (κ2) is 5.50. The van der Waals surface area contributed by atoms with Crippen LogP contribution in [0.4, 0.5) is 4.39 Å². The smallest absolute Gasteiger partial charge is 0.305 e. The first-order valence-corrected chi connectivity index (χ1v) is 6.24.